The zero-order valence-corrected chi connectivity index (χ0v) is 18.5. The molecule has 33 heavy (non-hydrogen) atoms. The van der Waals surface area contributed by atoms with Gasteiger partial charge in [-0.25, -0.2) is 14.0 Å². The first-order valence-electron chi connectivity index (χ1n) is 9.56. The minimum absolute atomic E-state index is 0.0520. The van der Waals surface area contributed by atoms with Crippen LogP contribution in [-0.2, 0) is 47.4 Å². The van der Waals surface area contributed by atoms with E-state index in [0.29, 0.717) is 16.1 Å². The predicted octanol–water partition coefficient (Wildman–Crippen LogP) is 4.99. The highest BCUT2D eigenvalue weighted by atomic mass is 35.5. The van der Waals surface area contributed by atoms with Crippen LogP contribution in [0.15, 0.2) is 72.8 Å². The molecule has 0 bridgehead atoms. The van der Waals surface area contributed by atoms with Crippen molar-refractivity contribution in [1.29, 1.82) is 0 Å². The molecule has 6 nitrogen and oxygen atoms in total. The third-order valence-electron chi connectivity index (χ3n) is 4.60. The average Bonchev–Trinajstić information content (AvgIpc) is 2.81. The van der Waals surface area contributed by atoms with Crippen LogP contribution in [0, 0.1) is 5.82 Å². The van der Waals surface area contributed by atoms with Crippen molar-refractivity contribution in [3.8, 4) is 0 Å². The van der Waals surface area contributed by atoms with E-state index in [9.17, 15) is 18.8 Å². The Morgan fingerprint density at radius 3 is 1.88 bits per heavy atom. The van der Waals surface area contributed by atoms with Crippen molar-refractivity contribution >= 4 is 41.6 Å². The van der Waals surface area contributed by atoms with Crippen LogP contribution in [0.4, 0.5) is 4.39 Å². The molecule has 170 valence electrons. The molecule has 3 aromatic rings. The lowest BCUT2D eigenvalue weighted by atomic mass is 9.93. The van der Waals surface area contributed by atoms with Crippen molar-refractivity contribution in [2.75, 3.05) is 0 Å². The molecule has 0 radical (unpaired) electrons. The van der Waals surface area contributed by atoms with Crippen molar-refractivity contribution in [2.24, 2.45) is 0 Å². The first-order valence-corrected chi connectivity index (χ1v) is 10.3. The normalized spacial score (nSPS) is 12.3. The molecule has 0 heterocycles. The number of carbonyl (C=O) groups excluding carboxylic acids is 3. The lowest BCUT2D eigenvalue weighted by Crippen LogP contribution is -2.48. The highest BCUT2D eigenvalue weighted by Gasteiger charge is 2.54. The van der Waals surface area contributed by atoms with Crippen LogP contribution in [0.5, 0.6) is 0 Å². The summed E-state index contributed by atoms with van der Waals surface area (Å²) < 4.78 is 28.8. The van der Waals surface area contributed by atoms with Gasteiger partial charge in [-0.15, -0.1) is 0 Å². The molecule has 0 aliphatic heterocycles. The number of benzene rings is 3. The lowest BCUT2D eigenvalue weighted by molar-refractivity contribution is -0.194. The third kappa shape index (κ3) is 5.88. The summed E-state index contributed by atoms with van der Waals surface area (Å²) in [6.07, 6.45) is 0. The molecule has 0 spiro atoms. The molecule has 0 amide bonds. The molecule has 1 atom stereocenters. The van der Waals surface area contributed by atoms with Crippen LogP contribution in [0.25, 0.3) is 0 Å². The van der Waals surface area contributed by atoms with Crippen molar-refractivity contribution in [2.45, 2.75) is 18.8 Å². The molecular formula is C24H17Cl2FO6. The fourth-order valence-corrected chi connectivity index (χ4v) is 3.24. The smallest absolute Gasteiger partial charge is 0.367 e. The van der Waals surface area contributed by atoms with E-state index in [1.165, 1.54) is 48.5 Å². The minimum Gasteiger partial charge on any atom is -0.457 e. The number of hydrogen-bond donors (Lipinski definition) is 0. The molecule has 0 fully saturated rings. The average molecular weight is 491 g/mol. The summed E-state index contributed by atoms with van der Waals surface area (Å²) in [4.78, 5) is 37.7. The third-order valence-corrected chi connectivity index (χ3v) is 5.08. The van der Waals surface area contributed by atoms with E-state index in [1.807, 2.05) is 0 Å². The molecule has 0 aliphatic rings. The number of carbonyl (C=O) groups is 3. The SMILES string of the molecule is O=COC(C(=O)OCc1ccc(F)cc1)(C(=O)OCc1ccc(Cl)cc1)c1cccc(Cl)c1. The van der Waals surface area contributed by atoms with Crippen LogP contribution in [0.3, 0.4) is 0 Å². The van der Waals surface area contributed by atoms with Crippen LogP contribution in [-0.4, -0.2) is 18.4 Å². The molecule has 0 saturated carbocycles. The van der Waals surface area contributed by atoms with Crippen LogP contribution >= 0.6 is 23.2 Å². The minimum atomic E-state index is -2.57. The molecule has 9 heteroatoms. The standard InChI is InChI=1S/C24H17Cl2FO6/c25-19-8-4-16(5-9-19)13-31-22(29)24(33-15-28,18-2-1-3-20(26)12-18)23(30)32-14-17-6-10-21(27)11-7-17/h1-12,15H,13-14H2. The summed E-state index contributed by atoms with van der Waals surface area (Å²) in [6, 6.07) is 17.3. The van der Waals surface area contributed by atoms with E-state index in [2.05, 4.69) is 0 Å². The highest BCUT2D eigenvalue weighted by Crippen LogP contribution is 2.32. The summed E-state index contributed by atoms with van der Waals surface area (Å²) in [6.45, 7) is -0.594. The van der Waals surface area contributed by atoms with Gasteiger partial charge in [0.05, 0.1) is 0 Å². The summed E-state index contributed by atoms with van der Waals surface area (Å²) in [5.41, 5.74) is -1.60. The van der Waals surface area contributed by atoms with E-state index < -0.39 is 23.4 Å². The molecule has 0 saturated heterocycles. The Morgan fingerprint density at radius 2 is 1.36 bits per heavy atom. The first kappa shape index (κ1) is 24.2. The fourth-order valence-electron chi connectivity index (χ4n) is 2.93. The first-order chi connectivity index (χ1) is 15.8. The van der Waals surface area contributed by atoms with Gasteiger partial charge >= 0.3 is 17.5 Å². The summed E-state index contributed by atoms with van der Waals surface area (Å²) in [5, 5.41) is 0.676. The van der Waals surface area contributed by atoms with Gasteiger partial charge in [-0.2, -0.15) is 0 Å². The monoisotopic (exact) mass is 490 g/mol. The Kier molecular flexibility index (Phi) is 8.03. The maximum Gasteiger partial charge on any atom is 0.367 e. The van der Waals surface area contributed by atoms with Crippen LogP contribution < -0.4 is 0 Å². The van der Waals surface area contributed by atoms with E-state index in [4.69, 9.17) is 37.4 Å². The Hall–Kier alpha value is -3.42. The Morgan fingerprint density at radius 1 is 0.818 bits per heavy atom. The molecular weight excluding hydrogens is 474 g/mol. The van der Waals surface area contributed by atoms with Gasteiger partial charge in [0.2, 0.25) is 0 Å². The van der Waals surface area contributed by atoms with Gasteiger partial charge in [-0.3, -0.25) is 4.79 Å². The molecule has 1 unspecified atom stereocenters. The predicted molar refractivity (Wildman–Crippen MR) is 118 cm³/mol. The Balaban J connectivity index is 1.91. The number of esters is 2. The Bertz CT molecular complexity index is 1070. The lowest BCUT2D eigenvalue weighted by Gasteiger charge is -2.28. The van der Waals surface area contributed by atoms with Crippen molar-refractivity contribution < 1.29 is 33.0 Å². The molecule has 3 aromatic carbocycles. The summed E-state index contributed by atoms with van der Waals surface area (Å²) in [7, 11) is 0. The van der Waals surface area contributed by atoms with Crippen molar-refractivity contribution in [3.63, 3.8) is 0 Å². The van der Waals surface area contributed by atoms with Crippen molar-refractivity contribution in [3.05, 3.63) is 105 Å². The molecule has 0 aromatic heterocycles. The van der Waals surface area contributed by atoms with E-state index in [0.717, 1.165) is 0 Å². The van der Waals surface area contributed by atoms with Gasteiger partial charge in [0.15, 0.2) is 0 Å². The topological polar surface area (TPSA) is 78.9 Å². The van der Waals surface area contributed by atoms with E-state index in [-0.39, 0.29) is 30.3 Å². The number of ether oxygens (including phenoxy) is 3. The van der Waals surface area contributed by atoms with Gasteiger partial charge in [0.25, 0.3) is 6.47 Å². The maximum atomic E-state index is 13.2. The summed E-state index contributed by atoms with van der Waals surface area (Å²) in [5.74, 6) is -2.85. The number of hydrogen-bond acceptors (Lipinski definition) is 6. The summed E-state index contributed by atoms with van der Waals surface area (Å²) >= 11 is 11.9. The van der Waals surface area contributed by atoms with Crippen molar-refractivity contribution in [1.82, 2.24) is 0 Å². The van der Waals surface area contributed by atoms with Gasteiger partial charge < -0.3 is 14.2 Å². The van der Waals surface area contributed by atoms with Gasteiger partial charge in [0, 0.05) is 15.6 Å². The second-order valence-electron chi connectivity index (χ2n) is 6.81. The second-order valence-corrected chi connectivity index (χ2v) is 7.68. The van der Waals surface area contributed by atoms with Crippen LogP contribution in [0.2, 0.25) is 10.0 Å². The van der Waals surface area contributed by atoms with Crippen LogP contribution in [0.1, 0.15) is 16.7 Å². The number of rotatable bonds is 9. The molecule has 0 aliphatic carbocycles. The number of halogens is 3. The quantitative estimate of drug-likeness (QED) is 0.182. The fraction of sp³-hybridized carbons (Fsp3) is 0.125. The van der Waals surface area contributed by atoms with E-state index >= 15 is 0 Å². The molecule has 3 rings (SSSR count). The Labute approximate surface area is 198 Å². The molecule has 0 N–H and O–H groups in total. The van der Waals surface area contributed by atoms with Gasteiger partial charge in [0.1, 0.15) is 19.0 Å². The largest absolute Gasteiger partial charge is 0.457 e. The van der Waals surface area contributed by atoms with E-state index in [1.54, 1.807) is 24.3 Å². The second kappa shape index (κ2) is 10.9. The highest BCUT2D eigenvalue weighted by molar-refractivity contribution is 6.31. The zero-order valence-electron chi connectivity index (χ0n) is 17.0. The maximum absolute atomic E-state index is 13.2. The van der Waals surface area contributed by atoms with Gasteiger partial charge in [-0.1, -0.05) is 59.6 Å². The van der Waals surface area contributed by atoms with Gasteiger partial charge in [-0.05, 0) is 47.5 Å². The zero-order chi connectivity index (χ0) is 23.8.